The van der Waals surface area contributed by atoms with Crippen LogP contribution in [0.25, 0.3) is 0 Å². The van der Waals surface area contributed by atoms with Crippen molar-refractivity contribution in [2.24, 2.45) is 0 Å². The number of anilines is 2. The molecular formula is C46H56N4O8S2. The van der Waals surface area contributed by atoms with E-state index in [9.17, 15) is 16.8 Å². The molecule has 0 saturated carbocycles. The maximum absolute atomic E-state index is 13.3. The fourth-order valence-electron chi connectivity index (χ4n) is 9.81. The van der Waals surface area contributed by atoms with Crippen molar-refractivity contribution in [3.8, 4) is 23.0 Å². The number of sulfonamides is 2. The lowest BCUT2D eigenvalue weighted by atomic mass is 9.84. The van der Waals surface area contributed by atoms with Crippen LogP contribution in [0.15, 0.2) is 108 Å². The molecule has 4 aromatic rings. The van der Waals surface area contributed by atoms with Crippen LogP contribution in [0.2, 0.25) is 0 Å². The van der Waals surface area contributed by atoms with E-state index in [0.29, 0.717) is 35.8 Å². The van der Waals surface area contributed by atoms with Crippen LogP contribution in [0.1, 0.15) is 72.9 Å². The third-order valence-electron chi connectivity index (χ3n) is 12.6. The maximum atomic E-state index is 13.3. The highest BCUT2D eigenvalue weighted by Gasteiger charge is 2.57. The van der Waals surface area contributed by atoms with Gasteiger partial charge in [-0.1, -0.05) is 47.5 Å². The zero-order chi connectivity index (χ0) is 43.0. The van der Waals surface area contributed by atoms with Crippen molar-refractivity contribution < 1.29 is 35.8 Å². The van der Waals surface area contributed by atoms with Gasteiger partial charge in [-0.2, -0.15) is 0 Å². The van der Waals surface area contributed by atoms with Crippen LogP contribution in [0.3, 0.4) is 0 Å². The van der Waals surface area contributed by atoms with Gasteiger partial charge in [-0.25, -0.2) is 26.3 Å². The van der Waals surface area contributed by atoms with E-state index in [0.717, 1.165) is 72.4 Å². The molecule has 320 valence electrons. The first-order chi connectivity index (χ1) is 28.7. The summed E-state index contributed by atoms with van der Waals surface area (Å²) in [7, 11) is -1.03. The molecule has 4 aromatic carbocycles. The molecule has 0 aromatic heterocycles. The molecule has 2 saturated heterocycles. The molecule has 2 N–H and O–H groups in total. The summed E-state index contributed by atoms with van der Waals surface area (Å²) in [6.07, 6.45) is 8.76. The molecule has 12 nitrogen and oxygen atoms in total. The van der Waals surface area contributed by atoms with E-state index in [4.69, 9.17) is 18.9 Å². The van der Waals surface area contributed by atoms with Crippen molar-refractivity contribution in [2.45, 2.75) is 85.3 Å². The Balaban J connectivity index is 0.000000181. The largest absolute Gasteiger partial charge is 0.497 e. The number of nitrogens with zero attached hydrogens (tertiary/aromatic N) is 2. The standard InChI is InChI=1S/2C23H28N2O4S/c2*1-5-11-23-12-6-13-25(23)19-14-17(28-3)15-20(29-4)21(19)22(23)24-30(26,27)18-9-7-16(2)8-10-18/h2*5,7-10,14-15,22,24H,1,6,11-13H2,2-4H3/t2*22-,23-/m10/s1. The number of rotatable bonds is 14. The summed E-state index contributed by atoms with van der Waals surface area (Å²) in [5.74, 6) is 2.62. The van der Waals surface area contributed by atoms with E-state index in [1.54, 1.807) is 52.7 Å². The summed E-state index contributed by atoms with van der Waals surface area (Å²) in [5, 5.41) is 0. The molecule has 0 amide bonds. The molecule has 4 atom stereocenters. The lowest BCUT2D eigenvalue weighted by Crippen LogP contribution is -2.49. The molecule has 4 aliphatic heterocycles. The molecule has 4 heterocycles. The van der Waals surface area contributed by atoms with Gasteiger partial charge < -0.3 is 28.7 Å². The Morgan fingerprint density at radius 1 is 0.617 bits per heavy atom. The Hall–Kier alpha value is -5.02. The van der Waals surface area contributed by atoms with E-state index >= 15 is 0 Å². The molecule has 60 heavy (non-hydrogen) atoms. The minimum Gasteiger partial charge on any atom is -0.497 e. The Morgan fingerprint density at radius 3 is 1.30 bits per heavy atom. The molecule has 8 rings (SSSR count). The molecule has 0 spiro atoms. The first-order valence-corrected chi connectivity index (χ1v) is 23.2. The quantitative estimate of drug-likeness (QED) is 0.121. The molecule has 4 aliphatic rings. The van der Waals surface area contributed by atoms with Crippen LogP contribution in [0, 0.1) is 13.8 Å². The van der Waals surface area contributed by atoms with Gasteiger partial charge in [-0.15, -0.1) is 13.2 Å². The average Bonchev–Trinajstić information content (AvgIpc) is 3.97. The first kappa shape index (κ1) is 43.1. The number of hydrogen-bond donors (Lipinski definition) is 2. The molecule has 0 aliphatic carbocycles. The minimum absolute atomic E-state index is 0.257. The number of methoxy groups -OCH3 is 4. The molecule has 2 fully saturated rings. The molecule has 0 unspecified atom stereocenters. The highest BCUT2D eigenvalue weighted by atomic mass is 32.2. The Kier molecular flexibility index (Phi) is 12.1. The fraction of sp³-hybridized carbons (Fsp3) is 0.391. The normalized spacial score (nSPS) is 22.5. The van der Waals surface area contributed by atoms with Gasteiger partial charge in [0.25, 0.3) is 0 Å². The summed E-state index contributed by atoms with van der Waals surface area (Å²) >= 11 is 0. The summed E-state index contributed by atoms with van der Waals surface area (Å²) in [6, 6.07) is 20.5. The zero-order valence-electron chi connectivity index (χ0n) is 35.3. The van der Waals surface area contributed by atoms with E-state index in [1.165, 1.54) is 0 Å². The molecular weight excluding hydrogens is 801 g/mol. The van der Waals surface area contributed by atoms with Crippen LogP contribution < -0.4 is 38.2 Å². The Bertz CT molecular complexity index is 2300. The SMILES string of the molecule is C=CC[C@@]12CCCN1c1cc(OC)cc(OC)c1[C@@H]2NS(=O)(=O)c1ccc(C)cc1.C=CC[C@]12CCCN1c1cc(OC)cc(OC)c1[C@H]2NS(=O)(=O)c1ccc(C)cc1. The number of hydrogen-bond acceptors (Lipinski definition) is 10. The van der Waals surface area contributed by atoms with Gasteiger partial charge in [-0.05, 0) is 76.6 Å². The Morgan fingerprint density at radius 2 is 0.983 bits per heavy atom. The van der Waals surface area contributed by atoms with Crippen LogP contribution in [-0.2, 0) is 20.0 Å². The Labute approximate surface area is 355 Å². The maximum Gasteiger partial charge on any atom is 0.241 e. The summed E-state index contributed by atoms with van der Waals surface area (Å²) in [4.78, 5) is 5.12. The van der Waals surface area contributed by atoms with E-state index < -0.39 is 43.2 Å². The predicted molar refractivity (Wildman–Crippen MR) is 236 cm³/mol. The average molecular weight is 857 g/mol. The first-order valence-electron chi connectivity index (χ1n) is 20.2. The summed E-state index contributed by atoms with van der Waals surface area (Å²) in [5.41, 5.74) is 4.83. The smallest absolute Gasteiger partial charge is 0.241 e. The van der Waals surface area contributed by atoms with Crippen molar-refractivity contribution in [3.63, 3.8) is 0 Å². The van der Waals surface area contributed by atoms with Gasteiger partial charge in [0.15, 0.2) is 0 Å². The summed E-state index contributed by atoms with van der Waals surface area (Å²) < 4.78 is 81.7. The predicted octanol–water partition coefficient (Wildman–Crippen LogP) is 7.92. The van der Waals surface area contributed by atoms with Gasteiger partial charge in [0.1, 0.15) is 23.0 Å². The number of aryl methyl sites for hydroxylation is 2. The van der Waals surface area contributed by atoms with Crippen LogP contribution in [0.4, 0.5) is 11.4 Å². The van der Waals surface area contributed by atoms with Crippen LogP contribution in [0.5, 0.6) is 23.0 Å². The third-order valence-corrected chi connectivity index (χ3v) is 15.5. The van der Waals surface area contributed by atoms with Gasteiger partial charge in [0, 0.05) is 59.9 Å². The number of fused-ring (bicyclic) bond motifs is 6. The van der Waals surface area contributed by atoms with Gasteiger partial charge in [-0.3, -0.25) is 0 Å². The third kappa shape index (κ3) is 7.41. The van der Waals surface area contributed by atoms with E-state index in [2.05, 4.69) is 32.4 Å². The van der Waals surface area contributed by atoms with Crippen LogP contribution in [-0.4, -0.2) is 69.4 Å². The van der Waals surface area contributed by atoms with Crippen molar-refractivity contribution in [2.75, 3.05) is 51.3 Å². The zero-order valence-corrected chi connectivity index (χ0v) is 36.9. The second kappa shape index (κ2) is 16.8. The van der Waals surface area contributed by atoms with Gasteiger partial charge >= 0.3 is 0 Å². The molecule has 0 bridgehead atoms. The van der Waals surface area contributed by atoms with Crippen molar-refractivity contribution in [1.29, 1.82) is 0 Å². The highest BCUT2D eigenvalue weighted by Crippen LogP contribution is 2.59. The van der Waals surface area contributed by atoms with Crippen LogP contribution >= 0.6 is 0 Å². The number of benzene rings is 4. The summed E-state index contributed by atoms with van der Waals surface area (Å²) in [6.45, 7) is 13.5. The lowest BCUT2D eigenvalue weighted by molar-refractivity contribution is 0.341. The number of ether oxygens (including phenoxy) is 4. The highest BCUT2D eigenvalue weighted by molar-refractivity contribution is 7.89. The minimum atomic E-state index is -3.74. The van der Waals surface area contributed by atoms with Crippen molar-refractivity contribution in [1.82, 2.24) is 9.44 Å². The van der Waals surface area contributed by atoms with E-state index in [-0.39, 0.29) is 9.79 Å². The second-order valence-corrected chi connectivity index (χ2v) is 19.4. The number of nitrogens with one attached hydrogen (secondary N) is 2. The molecule has 0 radical (unpaired) electrons. The fourth-order valence-corrected chi connectivity index (χ4v) is 12.4. The topological polar surface area (TPSA) is 136 Å². The van der Waals surface area contributed by atoms with Crippen molar-refractivity contribution in [3.05, 3.63) is 120 Å². The molecule has 14 heteroatoms. The second-order valence-electron chi connectivity index (χ2n) is 16.0. The monoisotopic (exact) mass is 856 g/mol. The van der Waals surface area contributed by atoms with Crippen molar-refractivity contribution >= 4 is 31.4 Å². The van der Waals surface area contributed by atoms with E-state index in [1.807, 2.05) is 74.5 Å². The van der Waals surface area contributed by atoms with Gasteiger partial charge in [0.05, 0.1) is 61.4 Å². The lowest BCUT2D eigenvalue weighted by Gasteiger charge is -2.38. The van der Waals surface area contributed by atoms with Gasteiger partial charge in [0.2, 0.25) is 20.0 Å².